The van der Waals surface area contributed by atoms with Crippen LogP contribution in [0.3, 0.4) is 0 Å². The molecule has 1 aliphatic heterocycles. The molecule has 1 saturated heterocycles. The van der Waals surface area contributed by atoms with Gasteiger partial charge in [0.2, 0.25) is 0 Å². The van der Waals surface area contributed by atoms with E-state index in [-0.39, 0.29) is 23.6 Å². The molecule has 2 aromatic rings. The molecule has 0 bridgehead atoms. The van der Waals surface area contributed by atoms with Crippen LogP contribution in [-0.4, -0.2) is 48.2 Å². The van der Waals surface area contributed by atoms with Crippen LogP contribution in [0.5, 0.6) is 0 Å². The zero-order valence-corrected chi connectivity index (χ0v) is 17.4. The Morgan fingerprint density at radius 3 is 2.69 bits per heavy atom. The van der Waals surface area contributed by atoms with Gasteiger partial charge in [0.05, 0.1) is 6.54 Å². The van der Waals surface area contributed by atoms with Crippen molar-refractivity contribution in [2.45, 2.75) is 33.2 Å². The van der Waals surface area contributed by atoms with Gasteiger partial charge in [-0.05, 0) is 35.7 Å². The van der Waals surface area contributed by atoms with Gasteiger partial charge in [-0.1, -0.05) is 32.9 Å². The van der Waals surface area contributed by atoms with Gasteiger partial charge in [-0.3, -0.25) is 9.88 Å². The number of anilines is 2. The number of pyridine rings is 1. The Hall–Kier alpha value is -3.09. The molecule has 0 spiro atoms. The van der Waals surface area contributed by atoms with Gasteiger partial charge in [0.15, 0.2) is 0 Å². The van der Waals surface area contributed by atoms with E-state index in [4.69, 9.17) is 4.74 Å². The van der Waals surface area contributed by atoms with Crippen LogP contribution in [-0.2, 0) is 11.2 Å². The van der Waals surface area contributed by atoms with E-state index in [2.05, 4.69) is 31.1 Å². The van der Waals surface area contributed by atoms with E-state index in [1.165, 1.54) is 0 Å². The highest BCUT2D eigenvalue weighted by molar-refractivity contribution is 5.93. The van der Waals surface area contributed by atoms with E-state index in [9.17, 15) is 9.59 Å². The minimum atomic E-state index is -0.367. The summed E-state index contributed by atoms with van der Waals surface area (Å²) in [5, 5.41) is 2.95. The van der Waals surface area contributed by atoms with Crippen LogP contribution in [0.15, 0.2) is 48.7 Å². The van der Waals surface area contributed by atoms with E-state index >= 15 is 0 Å². The van der Waals surface area contributed by atoms with Gasteiger partial charge in [-0.2, -0.15) is 0 Å². The summed E-state index contributed by atoms with van der Waals surface area (Å²) in [7, 11) is 1.80. The van der Waals surface area contributed by atoms with Gasteiger partial charge in [-0.25, -0.2) is 9.59 Å². The summed E-state index contributed by atoms with van der Waals surface area (Å²) in [6.45, 7) is 7.23. The number of urea groups is 1. The monoisotopic (exact) mass is 396 g/mol. The fourth-order valence-electron chi connectivity index (χ4n) is 3.47. The third-order valence-electron chi connectivity index (χ3n) is 5.09. The highest BCUT2D eigenvalue weighted by Crippen LogP contribution is 2.28. The van der Waals surface area contributed by atoms with Gasteiger partial charge in [0.1, 0.15) is 6.61 Å². The molecule has 1 unspecified atom stereocenters. The second kappa shape index (κ2) is 8.51. The molecule has 1 fully saturated rings. The molecular weight excluding hydrogens is 368 g/mol. The lowest BCUT2D eigenvalue weighted by Gasteiger charge is -2.38. The lowest BCUT2D eigenvalue weighted by atomic mass is 9.83. The third kappa shape index (κ3) is 5.04. The first-order valence-corrected chi connectivity index (χ1v) is 9.74. The van der Waals surface area contributed by atoms with Gasteiger partial charge >= 0.3 is 12.1 Å². The Bertz CT molecular complexity index is 864. The summed E-state index contributed by atoms with van der Waals surface area (Å²) in [5.41, 5.74) is 2.14. The number of cyclic esters (lactones) is 1. The molecule has 2 heterocycles. The number of ether oxygens (including phenoxy) is 1. The summed E-state index contributed by atoms with van der Waals surface area (Å²) >= 11 is 0. The first-order valence-electron chi connectivity index (χ1n) is 9.74. The van der Waals surface area contributed by atoms with Crippen LogP contribution in [0.2, 0.25) is 0 Å². The highest BCUT2D eigenvalue weighted by Gasteiger charge is 2.32. The Balaban J connectivity index is 1.73. The fourth-order valence-corrected chi connectivity index (χ4v) is 3.47. The van der Waals surface area contributed by atoms with Crippen LogP contribution < -0.4 is 10.2 Å². The molecular formula is C22H28N4O3. The maximum atomic E-state index is 13.0. The molecule has 1 aromatic heterocycles. The molecule has 1 N–H and O–H groups in total. The molecule has 0 saturated carbocycles. The van der Waals surface area contributed by atoms with Crippen molar-refractivity contribution in [3.8, 4) is 0 Å². The molecule has 7 nitrogen and oxygen atoms in total. The van der Waals surface area contributed by atoms with Crippen LogP contribution >= 0.6 is 0 Å². The number of hydrogen-bond donors (Lipinski definition) is 1. The van der Waals surface area contributed by atoms with Crippen LogP contribution in [0.4, 0.5) is 21.0 Å². The third-order valence-corrected chi connectivity index (χ3v) is 5.09. The predicted molar refractivity (Wildman–Crippen MR) is 113 cm³/mol. The summed E-state index contributed by atoms with van der Waals surface area (Å²) < 4.78 is 4.99. The SMILES string of the molecule is CN(C(=O)Nc1cccc(N2CCOC2=O)c1)C(Cc1ccccn1)C(C)(C)C. The molecule has 1 atom stereocenters. The fraction of sp³-hybridized carbons (Fsp3) is 0.409. The number of carbonyl (C=O) groups is 2. The van der Waals surface area contributed by atoms with Crippen LogP contribution in [0.1, 0.15) is 26.5 Å². The predicted octanol–water partition coefficient (Wildman–Crippen LogP) is 4.16. The molecule has 3 amide bonds. The zero-order chi connectivity index (χ0) is 21.0. The van der Waals surface area contributed by atoms with Crippen LogP contribution in [0, 0.1) is 5.41 Å². The number of benzene rings is 1. The zero-order valence-electron chi connectivity index (χ0n) is 17.4. The Morgan fingerprint density at radius 1 is 1.28 bits per heavy atom. The second-order valence-corrected chi connectivity index (χ2v) is 8.26. The van der Waals surface area contributed by atoms with Crippen molar-refractivity contribution in [3.63, 3.8) is 0 Å². The Morgan fingerprint density at radius 2 is 2.07 bits per heavy atom. The molecule has 1 aliphatic rings. The summed E-state index contributed by atoms with van der Waals surface area (Å²) in [4.78, 5) is 32.5. The van der Waals surface area contributed by atoms with Gasteiger partial charge in [0.25, 0.3) is 0 Å². The number of amides is 3. The maximum absolute atomic E-state index is 13.0. The average molecular weight is 396 g/mol. The van der Waals surface area contributed by atoms with E-state index in [1.807, 2.05) is 36.4 Å². The van der Waals surface area contributed by atoms with Crippen molar-refractivity contribution < 1.29 is 14.3 Å². The Kier molecular flexibility index (Phi) is 6.06. The van der Waals surface area contributed by atoms with Crippen molar-refractivity contribution in [1.29, 1.82) is 0 Å². The lowest BCUT2D eigenvalue weighted by molar-refractivity contribution is 0.143. The minimum Gasteiger partial charge on any atom is -0.447 e. The van der Waals surface area contributed by atoms with E-state index in [0.29, 0.717) is 30.9 Å². The molecule has 3 rings (SSSR count). The lowest BCUT2D eigenvalue weighted by Crippen LogP contribution is -2.48. The van der Waals surface area contributed by atoms with Crippen molar-refractivity contribution >= 4 is 23.5 Å². The Labute approximate surface area is 171 Å². The smallest absolute Gasteiger partial charge is 0.414 e. The summed E-state index contributed by atoms with van der Waals surface area (Å²) in [5.74, 6) is 0. The van der Waals surface area contributed by atoms with Crippen molar-refractivity contribution in [1.82, 2.24) is 9.88 Å². The van der Waals surface area contributed by atoms with Crippen LogP contribution in [0.25, 0.3) is 0 Å². The number of nitrogens with one attached hydrogen (secondary N) is 1. The average Bonchev–Trinajstić information content (AvgIpc) is 3.11. The van der Waals surface area contributed by atoms with Crippen molar-refractivity contribution in [3.05, 3.63) is 54.4 Å². The summed E-state index contributed by atoms with van der Waals surface area (Å²) in [6.07, 6.45) is 2.06. The molecule has 1 aromatic carbocycles. The van der Waals surface area contributed by atoms with E-state index < -0.39 is 0 Å². The highest BCUT2D eigenvalue weighted by atomic mass is 16.6. The molecule has 154 valence electrons. The van der Waals surface area contributed by atoms with Gasteiger partial charge in [0, 0.05) is 42.8 Å². The first kappa shape index (κ1) is 20.6. The van der Waals surface area contributed by atoms with Crippen molar-refractivity contribution in [2.75, 3.05) is 30.4 Å². The van der Waals surface area contributed by atoms with Gasteiger partial charge < -0.3 is 15.0 Å². The molecule has 0 radical (unpaired) electrons. The van der Waals surface area contributed by atoms with Gasteiger partial charge in [-0.15, -0.1) is 0 Å². The number of nitrogens with zero attached hydrogens (tertiary/aromatic N) is 3. The minimum absolute atomic E-state index is 0.0471. The quantitative estimate of drug-likeness (QED) is 0.823. The number of aromatic nitrogens is 1. The first-order chi connectivity index (χ1) is 13.8. The normalized spacial score (nSPS) is 15.0. The number of likely N-dealkylation sites (N-methyl/N-ethyl adjacent to an activating group) is 1. The van der Waals surface area contributed by atoms with E-state index in [0.717, 1.165) is 5.69 Å². The topological polar surface area (TPSA) is 74.8 Å². The number of carbonyl (C=O) groups excluding carboxylic acids is 2. The largest absolute Gasteiger partial charge is 0.447 e. The summed E-state index contributed by atoms with van der Waals surface area (Å²) in [6, 6.07) is 12.8. The maximum Gasteiger partial charge on any atom is 0.414 e. The second-order valence-electron chi connectivity index (χ2n) is 8.26. The number of rotatable bonds is 5. The molecule has 7 heteroatoms. The standard InChI is InChI=1S/C22H28N4O3/c1-22(2,3)19(15-16-8-5-6-11-23-16)25(4)20(27)24-17-9-7-10-18(14-17)26-12-13-29-21(26)28/h5-11,14,19H,12-13,15H2,1-4H3,(H,24,27). The molecule has 0 aliphatic carbocycles. The van der Waals surface area contributed by atoms with Crippen molar-refractivity contribution in [2.24, 2.45) is 5.41 Å². The molecule has 29 heavy (non-hydrogen) atoms. The number of hydrogen-bond acceptors (Lipinski definition) is 4. The van der Waals surface area contributed by atoms with E-state index in [1.54, 1.807) is 29.1 Å².